The fourth-order valence-corrected chi connectivity index (χ4v) is 6.72. The third-order valence-electron chi connectivity index (χ3n) is 7.83. The first-order valence-corrected chi connectivity index (χ1v) is 14.9. The van der Waals surface area contributed by atoms with Crippen LogP contribution >= 0.6 is 11.9 Å². The van der Waals surface area contributed by atoms with Gasteiger partial charge < -0.3 is 15.0 Å². The Morgan fingerprint density at radius 3 is 2.50 bits per heavy atom. The van der Waals surface area contributed by atoms with E-state index >= 15 is 0 Å². The van der Waals surface area contributed by atoms with Crippen LogP contribution in [0.15, 0.2) is 72.1 Å². The number of ether oxygens (including phenoxy) is 1. The van der Waals surface area contributed by atoms with E-state index in [1.165, 1.54) is 51.2 Å². The van der Waals surface area contributed by atoms with Crippen molar-refractivity contribution < 1.29 is 4.74 Å². The highest BCUT2D eigenvalue weighted by atomic mass is 32.2. The average Bonchev–Trinajstić information content (AvgIpc) is 3.40. The molecular formula is C35H43N3OS. The summed E-state index contributed by atoms with van der Waals surface area (Å²) in [6.07, 6.45) is 11.3. The standard InChI is InChI=1S/C33H41N3OS.C2H2/c1-22-10-7-14-28(18-22)38-35-30-20-33(5,6)37-31-16-15-26(19-29(30)31)25(4)36-17-9-13-27(36)21-34-32-23(2)11-8-12-24(32)3;1-2/h7-8,10-12,14-16,18-19,27,30,34-35H,4,9,13,17,20-21H2,1-3,5-6H3;1-2H/t27-,30-;/m0./s1. The zero-order valence-electron chi connectivity index (χ0n) is 24.6. The molecule has 4 nitrogen and oxygen atoms in total. The maximum atomic E-state index is 6.41. The van der Waals surface area contributed by atoms with Crippen LogP contribution in [-0.4, -0.2) is 29.6 Å². The number of nitrogens with zero attached hydrogens (tertiary/aromatic N) is 1. The molecule has 1 fully saturated rings. The van der Waals surface area contributed by atoms with Gasteiger partial charge in [0, 0.05) is 53.4 Å². The van der Waals surface area contributed by atoms with Gasteiger partial charge >= 0.3 is 0 Å². The minimum Gasteiger partial charge on any atom is -0.487 e. The molecule has 0 bridgehead atoms. The molecule has 0 aliphatic carbocycles. The Labute approximate surface area is 245 Å². The molecule has 0 unspecified atom stereocenters. The van der Waals surface area contributed by atoms with Gasteiger partial charge in [-0.25, -0.2) is 0 Å². The lowest BCUT2D eigenvalue weighted by Gasteiger charge is -2.38. The Balaban J connectivity index is 0.00000181. The van der Waals surface area contributed by atoms with Gasteiger partial charge in [0.15, 0.2) is 0 Å². The summed E-state index contributed by atoms with van der Waals surface area (Å²) in [5.41, 5.74) is 8.41. The molecule has 2 atom stereocenters. The maximum Gasteiger partial charge on any atom is 0.124 e. The number of anilines is 1. The van der Waals surface area contributed by atoms with Crippen molar-refractivity contribution in [2.45, 2.75) is 76.5 Å². The quantitative estimate of drug-likeness (QED) is 0.217. The normalized spacial score (nSPS) is 19.1. The van der Waals surface area contributed by atoms with Gasteiger partial charge in [-0.15, -0.1) is 12.8 Å². The van der Waals surface area contributed by atoms with Crippen molar-refractivity contribution in [1.29, 1.82) is 0 Å². The van der Waals surface area contributed by atoms with Crippen LogP contribution in [0.1, 0.15) is 67.0 Å². The second-order valence-electron chi connectivity index (χ2n) is 11.5. The fourth-order valence-electron chi connectivity index (χ4n) is 5.84. The van der Waals surface area contributed by atoms with Crippen LogP contribution in [0.2, 0.25) is 0 Å². The number of hydrogen-bond acceptors (Lipinski definition) is 5. The molecule has 0 aromatic heterocycles. The van der Waals surface area contributed by atoms with Crippen LogP contribution in [0.25, 0.3) is 5.70 Å². The van der Waals surface area contributed by atoms with Gasteiger partial charge in [0.1, 0.15) is 11.4 Å². The maximum absolute atomic E-state index is 6.41. The van der Waals surface area contributed by atoms with Crippen molar-refractivity contribution >= 4 is 23.3 Å². The van der Waals surface area contributed by atoms with E-state index in [0.29, 0.717) is 6.04 Å². The SMILES string of the molecule is C#C.C=C(c1ccc2c(c1)[C@@H](NSc1cccc(C)c1)CC(C)(C)O2)N1CCC[C@H]1CNc1c(C)cccc1C. The van der Waals surface area contributed by atoms with E-state index in [1.54, 1.807) is 11.9 Å². The third-order valence-corrected chi connectivity index (χ3v) is 8.72. The minimum absolute atomic E-state index is 0.187. The van der Waals surface area contributed by atoms with Gasteiger partial charge in [-0.1, -0.05) is 36.9 Å². The molecule has 2 heterocycles. The summed E-state index contributed by atoms with van der Waals surface area (Å²) in [6, 6.07) is 22.4. The van der Waals surface area contributed by atoms with Gasteiger partial charge in [-0.05, 0) is 112 Å². The Hall–Kier alpha value is -3.33. The summed E-state index contributed by atoms with van der Waals surface area (Å²) in [7, 11) is 0. The number of fused-ring (bicyclic) bond motifs is 1. The van der Waals surface area contributed by atoms with Gasteiger partial charge in [0.05, 0.1) is 0 Å². The van der Waals surface area contributed by atoms with Crippen molar-refractivity contribution in [3.63, 3.8) is 0 Å². The molecule has 0 spiro atoms. The highest BCUT2D eigenvalue weighted by Crippen LogP contribution is 2.42. The van der Waals surface area contributed by atoms with E-state index in [2.05, 4.69) is 130 Å². The van der Waals surface area contributed by atoms with E-state index in [1.807, 2.05) is 0 Å². The summed E-state index contributed by atoms with van der Waals surface area (Å²) in [6.45, 7) is 17.4. The zero-order valence-corrected chi connectivity index (χ0v) is 25.4. The van der Waals surface area contributed by atoms with E-state index in [-0.39, 0.29) is 11.6 Å². The first-order chi connectivity index (χ1) is 19.2. The highest BCUT2D eigenvalue weighted by molar-refractivity contribution is 7.97. The first kappa shape index (κ1) is 29.6. The van der Waals surface area contributed by atoms with Gasteiger partial charge in [-0.2, -0.15) is 0 Å². The number of nitrogens with one attached hydrogen (secondary N) is 2. The number of terminal acetylenes is 1. The number of hydrogen-bond donors (Lipinski definition) is 2. The molecule has 210 valence electrons. The average molecular weight is 554 g/mol. The largest absolute Gasteiger partial charge is 0.487 e. The van der Waals surface area contributed by atoms with Crippen molar-refractivity contribution in [3.8, 4) is 18.6 Å². The summed E-state index contributed by atoms with van der Waals surface area (Å²) < 4.78 is 10.2. The second-order valence-corrected chi connectivity index (χ2v) is 12.4. The van der Waals surface area contributed by atoms with Crippen LogP contribution < -0.4 is 14.8 Å². The van der Waals surface area contributed by atoms with Crippen LogP contribution in [-0.2, 0) is 0 Å². The van der Waals surface area contributed by atoms with Crippen molar-refractivity contribution in [2.24, 2.45) is 0 Å². The molecule has 0 radical (unpaired) electrons. The van der Waals surface area contributed by atoms with Gasteiger partial charge in [-0.3, -0.25) is 4.72 Å². The predicted molar refractivity (Wildman–Crippen MR) is 172 cm³/mol. The minimum atomic E-state index is -0.226. The third kappa shape index (κ3) is 6.86. The molecule has 40 heavy (non-hydrogen) atoms. The molecule has 0 amide bonds. The monoisotopic (exact) mass is 553 g/mol. The van der Waals surface area contributed by atoms with Gasteiger partial charge in [0.2, 0.25) is 0 Å². The molecule has 2 N–H and O–H groups in total. The van der Waals surface area contributed by atoms with Crippen molar-refractivity contribution in [3.05, 3.63) is 95.1 Å². The molecular weight excluding hydrogens is 510 g/mol. The number of para-hydroxylation sites is 1. The van der Waals surface area contributed by atoms with Crippen molar-refractivity contribution in [2.75, 3.05) is 18.4 Å². The van der Waals surface area contributed by atoms with E-state index < -0.39 is 0 Å². The van der Waals surface area contributed by atoms with Gasteiger partial charge in [0.25, 0.3) is 0 Å². The number of rotatable bonds is 8. The molecule has 5 rings (SSSR count). The molecule has 2 aliphatic rings. The lowest BCUT2D eigenvalue weighted by atomic mass is 9.89. The van der Waals surface area contributed by atoms with Crippen LogP contribution in [0.5, 0.6) is 5.75 Å². The number of benzene rings is 3. The smallest absolute Gasteiger partial charge is 0.124 e. The molecule has 5 heteroatoms. The van der Waals surface area contributed by atoms with Crippen molar-refractivity contribution in [1.82, 2.24) is 9.62 Å². The Kier molecular flexibility index (Phi) is 9.56. The lowest BCUT2D eigenvalue weighted by molar-refractivity contribution is 0.0706. The topological polar surface area (TPSA) is 36.5 Å². The zero-order chi connectivity index (χ0) is 28.9. The number of aryl methyl sites for hydroxylation is 3. The summed E-state index contributed by atoms with van der Waals surface area (Å²) in [5.74, 6) is 0.967. The Bertz CT molecular complexity index is 1340. The Morgan fingerprint density at radius 2 is 1.77 bits per heavy atom. The summed E-state index contributed by atoms with van der Waals surface area (Å²) in [5, 5.41) is 3.75. The molecule has 0 saturated carbocycles. The molecule has 1 saturated heterocycles. The van der Waals surface area contributed by atoms with E-state index in [0.717, 1.165) is 31.0 Å². The predicted octanol–water partition coefficient (Wildman–Crippen LogP) is 8.31. The lowest BCUT2D eigenvalue weighted by Crippen LogP contribution is -2.38. The van der Waals surface area contributed by atoms with Crippen LogP contribution in [0.4, 0.5) is 5.69 Å². The Morgan fingerprint density at radius 1 is 1.05 bits per heavy atom. The molecule has 3 aromatic rings. The molecule has 2 aliphatic heterocycles. The summed E-state index contributed by atoms with van der Waals surface area (Å²) in [4.78, 5) is 3.73. The van der Waals surface area contributed by atoms with E-state index in [9.17, 15) is 0 Å². The van der Waals surface area contributed by atoms with Crippen LogP contribution in [0.3, 0.4) is 0 Å². The second kappa shape index (κ2) is 12.9. The highest BCUT2D eigenvalue weighted by Gasteiger charge is 2.35. The summed E-state index contributed by atoms with van der Waals surface area (Å²) >= 11 is 1.71. The van der Waals surface area contributed by atoms with Crippen LogP contribution in [0, 0.1) is 33.6 Å². The number of likely N-dealkylation sites (tertiary alicyclic amines) is 1. The first-order valence-electron chi connectivity index (χ1n) is 14.1. The fraction of sp³-hybridized carbons (Fsp3) is 0.371. The van der Waals surface area contributed by atoms with E-state index in [4.69, 9.17) is 4.74 Å². The molecule has 3 aromatic carbocycles.